The number of aryl methyl sites for hydroxylation is 1. The molecule has 1 saturated heterocycles. The maximum absolute atomic E-state index is 13.6. The summed E-state index contributed by atoms with van der Waals surface area (Å²) in [5, 5.41) is 10.1. The molecule has 8 nitrogen and oxygen atoms in total. The third kappa shape index (κ3) is 5.66. The summed E-state index contributed by atoms with van der Waals surface area (Å²) in [7, 11) is 1.61. The number of rotatable bonds is 6. The minimum atomic E-state index is -4.79. The van der Waals surface area contributed by atoms with Gasteiger partial charge in [0.25, 0.3) is 5.91 Å². The lowest BCUT2D eigenvalue weighted by Crippen LogP contribution is -2.55. The molecule has 3 aromatic rings. The molecule has 1 N–H and O–H groups in total. The maximum atomic E-state index is 13.6. The van der Waals surface area contributed by atoms with Crippen LogP contribution in [0, 0.1) is 5.82 Å². The number of nitrogens with zero attached hydrogens (tertiary/aromatic N) is 5. The van der Waals surface area contributed by atoms with Crippen molar-refractivity contribution in [2.45, 2.75) is 25.0 Å². The highest BCUT2D eigenvalue weighted by Crippen LogP contribution is 2.34. The Morgan fingerprint density at radius 2 is 1.83 bits per heavy atom. The second-order valence-electron chi connectivity index (χ2n) is 7.83. The molecule has 35 heavy (non-hydrogen) atoms. The molecule has 0 atom stereocenters. The molecule has 0 bridgehead atoms. The minimum absolute atomic E-state index is 0.0748. The predicted molar refractivity (Wildman–Crippen MR) is 107 cm³/mol. The van der Waals surface area contributed by atoms with Gasteiger partial charge in [-0.2, -0.15) is 36.5 Å². The van der Waals surface area contributed by atoms with Gasteiger partial charge >= 0.3 is 12.4 Å². The standard InChI is InChI=1S/C20H17F7N6O2/c1-31-7-13(5-28-31)30-17(34)16-6-29-33(10-19(22,23)24)18(16)32-8-15(9-32)35-14-3-11(20(25,26)27)2-12(21)4-14/h2-7,15H,8-10H2,1H3,(H,30,34). The van der Waals surface area contributed by atoms with Crippen molar-refractivity contribution >= 4 is 17.4 Å². The van der Waals surface area contributed by atoms with E-state index in [1.165, 1.54) is 22.0 Å². The molecule has 0 aliphatic carbocycles. The summed E-state index contributed by atoms with van der Waals surface area (Å²) in [6.45, 7) is -1.62. The Labute approximate surface area is 192 Å². The molecular weight excluding hydrogens is 489 g/mol. The molecule has 1 amide bonds. The molecule has 2 aromatic heterocycles. The van der Waals surface area contributed by atoms with Gasteiger partial charge in [-0.25, -0.2) is 9.07 Å². The molecule has 0 radical (unpaired) electrons. The van der Waals surface area contributed by atoms with Crippen LogP contribution < -0.4 is 15.0 Å². The van der Waals surface area contributed by atoms with E-state index in [2.05, 4.69) is 15.5 Å². The zero-order valence-electron chi connectivity index (χ0n) is 17.9. The molecule has 0 spiro atoms. The first-order valence-corrected chi connectivity index (χ1v) is 10.0. The summed E-state index contributed by atoms with van der Waals surface area (Å²) < 4.78 is 98.9. The fourth-order valence-electron chi connectivity index (χ4n) is 3.51. The van der Waals surface area contributed by atoms with Gasteiger partial charge in [0.05, 0.1) is 36.7 Å². The Hall–Kier alpha value is -3.78. The van der Waals surface area contributed by atoms with E-state index in [9.17, 15) is 35.5 Å². The quantitative estimate of drug-likeness (QED) is 0.514. The largest absolute Gasteiger partial charge is 0.487 e. The number of hydrogen-bond acceptors (Lipinski definition) is 5. The van der Waals surface area contributed by atoms with Crippen molar-refractivity contribution in [2.75, 3.05) is 23.3 Å². The van der Waals surface area contributed by atoms with Crippen LogP contribution in [0.5, 0.6) is 5.75 Å². The van der Waals surface area contributed by atoms with Gasteiger partial charge in [0.15, 0.2) is 0 Å². The second kappa shape index (κ2) is 8.78. The normalized spacial score (nSPS) is 14.7. The summed E-state index contributed by atoms with van der Waals surface area (Å²) in [6, 6.07) is 1.73. The summed E-state index contributed by atoms with van der Waals surface area (Å²) in [5.41, 5.74) is -1.08. The smallest absolute Gasteiger partial charge is 0.416 e. The molecule has 3 heterocycles. The van der Waals surface area contributed by atoms with E-state index >= 15 is 0 Å². The number of carbonyl (C=O) groups excluding carboxylic acids is 1. The van der Waals surface area contributed by atoms with Crippen LogP contribution in [0.25, 0.3) is 0 Å². The van der Waals surface area contributed by atoms with Crippen LogP contribution in [0.15, 0.2) is 36.8 Å². The molecule has 1 fully saturated rings. The average Bonchev–Trinajstić information content (AvgIpc) is 3.28. The van der Waals surface area contributed by atoms with Crippen LogP contribution in [0.2, 0.25) is 0 Å². The van der Waals surface area contributed by atoms with Crippen LogP contribution in [0.1, 0.15) is 15.9 Å². The third-order valence-electron chi connectivity index (χ3n) is 5.00. The highest BCUT2D eigenvalue weighted by molar-refractivity contribution is 6.07. The lowest BCUT2D eigenvalue weighted by molar-refractivity contribution is -0.142. The highest BCUT2D eigenvalue weighted by atomic mass is 19.4. The summed E-state index contributed by atoms with van der Waals surface area (Å²) in [6.07, 6.45) is -6.36. The topological polar surface area (TPSA) is 77.2 Å². The summed E-state index contributed by atoms with van der Waals surface area (Å²) >= 11 is 0. The van der Waals surface area contributed by atoms with Gasteiger partial charge in [0.2, 0.25) is 0 Å². The Morgan fingerprint density at radius 3 is 2.43 bits per heavy atom. The monoisotopic (exact) mass is 506 g/mol. The van der Waals surface area contributed by atoms with Gasteiger partial charge < -0.3 is 15.0 Å². The van der Waals surface area contributed by atoms with Crippen molar-refractivity contribution in [1.82, 2.24) is 19.6 Å². The van der Waals surface area contributed by atoms with E-state index in [0.29, 0.717) is 22.5 Å². The number of hydrogen-bond donors (Lipinski definition) is 1. The van der Waals surface area contributed by atoms with Gasteiger partial charge in [-0.15, -0.1) is 0 Å². The number of ether oxygens (including phenoxy) is 1. The fourth-order valence-corrected chi connectivity index (χ4v) is 3.51. The molecule has 0 saturated carbocycles. The van der Waals surface area contributed by atoms with Crippen molar-refractivity contribution in [2.24, 2.45) is 7.05 Å². The van der Waals surface area contributed by atoms with E-state index in [1.807, 2.05) is 0 Å². The SMILES string of the molecule is Cn1cc(NC(=O)c2cnn(CC(F)(F)F)c2N2CC(Oc3cc(F)cc(C(F)(F)F)c3)C2)cn1. The number of halogens is 7. The van der Waals surface area contributed by atoms with Gasteiger partial charge in [-0.1, -0.05) is 0 Å². The average molecular weight is 506 g/mol. The summed E-state index contributed by atoms with van der Waals surface area (Å²) in [5.74, 6) is -2.39. The van der Waals surface area contributed by atoms with Crippen molar-refractivity contribution < 1.29 is 40.3 Å². The lowest BCUT2D eigenvalue weighted by atomic mass is 10.1. The first-order chi connectivity index (χ1) is 16.3. The number of nitrogens with one attached hydrogen (secondary N) is 1. The first-order valence-electron chi connectivity index (χ1n) is 10.0. The van der Waals surface area contributed by atoms with Crippen LogP contribution >= 0.6 is 0 Å². The Bertz CT molecular complexity index is 1230. The van der Waals surface area contributed by atoms with Gasteiger partial charge in [-0.05, 0) is 12.1 Å². The molecule has 1 aromatic carbocycles. The molecule has 0 unspecified atom stereocenters. The maximum Gasteiger partial charge on any atom is 0.416 e. The fraction of sp³-hybridized carbons (Fsp3) is 0.350. The Kier molecular flexibility index (Phi) is 6.11. The predicted octanol–water partition coefficient (Wildman–Crippen LogP) is 3.86. The molecule has 1 aliphatic heterocycles. The zero-order valence-corrected chi connectivity index (χ0v) is 17.9. The number of benzene rings is 1. The number of alkyl halides is 6. The van der Waals surface area contributed by atoms with E-state index in [1.54, 1.807) is 7.05 Å². The third-order valence-corrected chi connectivity index (χ3v) is 5.00. The lowest BCUT2D eigenvalue weighted by Gasteiger charge is -2.41. The van der Waals surface area contributed by atoms with Crippen molar-refractivity contribution in [1.29, 1.82) is 0 Å². The van der Waals surface area contributed by atoms with Crippen molar-refractivity contribution in [3.63, 3.8) is 0 Å². The Morgan fingerprint density at radius 1 is 1.11 bits per heavy atom. The highest BCUT2D eigenvalue weighted by Gasteiger charge is 2.38. The number of aromatic nitrogens is 4. The van der Waals surface area contributed by atoms with E-state index < -0.39 is 42.3 Å². The molecule has 188 valence electrons. The number of anilines is 2. The van der Waals surface area contributed by atoms with E-state index in [0.717, 1.165) is 12.3 Å². The van der Waals surface area contributed by atoms with Gasteiger partial charge in [0.1, 0.15) is 35.6 Å². The molecule has 1 aliphatic rings. The van der Waals surface area contributed by atoms with Crippen LogP contribution in [-0.4, -0.2) is 50.8 Å². The van der Waals surface area contributed by atoms with E-state index in [-0.39, 0.29) is 30.2 Å². The van der Waals surface area contributed by atoms with Crippen LogP contribution in [-0.2, 0) is 19.8 Å². The number of amides is 1. The van der Waals surface area contributed by atoms with Gasteiger partial charge in [-0.3, -0.25) is 9.48 Å². The van der Waals surface area contributed by atoms with Crippen LogP contribution in [0.4, 0.5) is 42.2 Å². The Balaban J connectivity index is 1.52. The van der Waals surface area contributed by atoms with Crippen molar-refractivity contribution in [3.05, 3.63) is 53.7 Å². The van der Waals surface area contributed by atoms with E-state index in [4.69, 9.17) is 4.74 Å². The summed E-state index contributed by atoms with van der Waals surface area (Å²) in [4.78, 5) is 14.1. The number of carbonyl (C=O) groups is 1. The van der Waals surface area contributed by atoms with Gasteiger partial charge in [0, 0.05) is 19.3 Å². The second-order valence-corrected chi connectivity index (χ2v) is 7.83. The zero-order chi connectivity index (χ0) is 25.5. The molecule has 4 rings (SSSR count). The molecule has 15 heteroatoms. The first kappa shape index (κ1) is 24.3. The van der Waals surface area contributed by atoms with Crippen molar-refractivity contribution in [3.8, 4) is 5.75 Å². The van der Waals surface area contributed by atoms with Crippen LogP contribution in [0.3, 0.4) is 0 Å². The minimum Gasteiger partial charge on any atom is -0.487 e. The molecular formula is C20H17F7N6O2.